The van der Waals surface area contributed by atoms with Crippen LogP contribution in [0.2, 0.25) is 0 Å². The number of piperidine rings is 1. The zero-order valence-electron chi connectivity index (χ0n) is 18.1. The maximum Gasteiger partial charge on any atom is 0.227 e. The van der Waals surface area contributed by atoms with Crippen LogP contribution in [0.3, 0.4) is 0 Å². The van der Waals surface area contributed by atoms with Gasteiger partial charge in [-0.15, -0.1) is 0 Å². The number of amides is 1. The highest BCUT2D eigenvalue weighted by Crippen LogP contribution is 2.30. The van der Waals surface area contributed by atoms with Crippen molar-refractivity contribution in [2.24, 2.45) is 5.92 Å². The average Bonchev–Trinajstić information content (AvgIpc) is 2.99. The molecule has 8 nitrogen and oxygen atoms in total. The van der Waals surface area contributed by atoms with Crippen LogP contribution in [-0.4, -0.2) is 81.0 Å². The molecular weight excluding hydrogens is 378 g/mol. The molecule has 162 valence electrons. The van der Waals surface area contributed by atoms with E-state index in [4.69, 9.17) is 4.98 Å². The fraction of sp³-hybridized carbons (Fsp3) is 0.727. The standard InChI is InChI=1S/C22H33N7O/c1-2-26-11-13-27(14-12-26)22(30)17-7-6-9-28(15-17)20-19-21(24-16-23-20)29-10-5-3-4-8-18(29)25-19/h16-17H,2-15H2,1H3/t17-/m1/s1. The summed E-state index contributed by atoms with van der Waals surface area (Å²) in [6, 6.07) is 0. The molecule has 2 aromatic heterocycles. The highest BCUT2D eigenvalue weighted by molar-refractivity contribution is 5.85. The maximum absolute atomic E-state index is 13.2. The number of aromatic nitrogens is 4. The van der Waals surface area contributed by atoms with E-state index >= 15 is 0 Å². The average molecular weight is 412 g/mol. The molecule has 0 unspecified atom stereocenters. The molecule has 0 aromatic carbocycles. The number of likely N-dealkylation sites (N-methyl/N-ethyl adjacent to an activating group) is 1. The number of rotatable bonds is 3. The van der Waals surface area contributed by atoms with Gasteiger partial charge in [-0.3, -0.25) is 4.79 Å². The molecule has 0 bridgehead atoms. The van der Waals surface area contributed by atoms with E-state index in [0.29, 0.717) is 5.91 Å². The molecule has 1 amide bonds. The maximum atomic E-state index is 13.2. The smallest absolute Gasteiger partial charge is 0.227 e. The van der Waals surface area contributed by atoms with Crippen LogP contribution in [0.1, 0.15) is 44.9 Å². The second kappa shape index (κ2) is 8.49. The Kier molecular flexibility index (Phi) is 5.58. The summed E-state index contributed by atoms with van der Waals surface area (Å²) in [5.74, 6) is 2.43. The molecule has 3 aliphatic rings. The molecule has 0 spiro atoms. The summed E-state index contributed by atoms with van der Waals surface area (Å²) < 4.78 is 2.29. The van der Waals surface area contributed by atoms with E-state index < -0.39 is 0 Å². The molecule has 2 aromatic rings. The van der Waals surface area contributed by atoms with E-state index in [-0.39, 0.29) is 5.92 Å². The number of carbonyl (C=O) groups excluding carboxylic acids is 1. The molecule has 0 saturated carbocycles. The number of piperazine rings is 1. The van der Waals surface area contributed by atoms with Crippen molar-refractivity contribution in [3.63, 3.8) is 0 Å². The van der Waals surface area contributed by atoms with E-state index in [2.05, 4.69) is 36.2 Å². The highest BCUT2D eigenvalue weighted by atomic mass is 16.2. The van der Waals surface area contributed by atoms with Crippen LogP contribution < -0.4 is 4.90 Å². The molecular formula is C22H33N7O. The second-order valence-electron chi connectivity index (χ2n) is 8.90. The summed E-state index contributed by atoms with van der Waals surface area (Å²) in [7, 11) is 0. The normalized spacial score (nSPS) is 23.4. The number of fused-ring (bicyclic) bond motifs is 3. The quantitative estimate of drug-likeness (QED) is 0.769. The van der Waals surface area contributed by atoms with E-state index in [1.807, 2.05) is 0 Å². The lowest BCUT2D eigenvalue weighted by Crippen LogP contribution is -2.52. The van der Waals surface area contributed by atoms with Crippen LogP contribution >= 0.6 is 0 Å². The van der Waals surface area contributed by atoms with Gasteiger partial charge in [-0.05, 0) is 32.2 Å². The monoisotopic (exact) mass is 411 g/mol. The van der Waals surface area contributed by atoms with Gasteiger partial charge in [0.2, 0.25) is 5.91 Å². The van der Waals surface area contributed by atoms with Crippen molar-refractivity contribution >= 4 is 22.9 Å². The summed E-state index contributed by atoms with van der Waals surface area (Å²) >= 11 is 0. The molecule has 1 atom stereocenters. The topological polar surface area (TPSA) is 70.4 Å². The van der Waals surface area contributed by atoms with Crippen molar-refractivity contribution in [2.75, 3.05) is 50.7 Å². The minimum atomic E-state index is 0.0531. The Balaban J connectivity index is 1.35. The predicted octanol–water partition coefficient (Wildman–Crippen LogP) is 1.93. The molecule has 3 aliphatic heterocycles. The SMILES string of the molecule is CCN1CCN(C(=O)[C@@H]2CCCN(c3ncnc4c3nc3n4CCCCC3)C2)CC1. The Morgan fingerprint density at radius 3 is 2.73 bits per heavy atom. The molecule has 0 radical (unpaired) electrons. The zero-order valence-corrected chi connectivity index (χ0v) is 18.1. The van der Waals surface area contributed by atoms with Crippen molar-refractivity contribution in [1.29, 1.82) is 0 Å². The second-order valence-corrected chi connectivity index (χ2v) is 8.90. The Morgan fingerprint density at radius 2 is 1.90 bits per heavy atom. The first kappa shape index (κ1) is 19.7. The Bertz CT molecular complexity index is 902. The minimum Gasteiger partial charge on any atom is -0.354 e. The molecule has 2 fully saturated rings. The summed E-state index contributed by atoms with van der Waals surface area (Å²) in [5, 5.41) is 0. The molecule has 8 heteroatoms. The van der Waals surface area contributed by atoms with Gasteiger partial charge in [-0.2, -0.15) is 0 Å². The first-order valence-corrected chi connectivity index (χ1v) is 11.7. The van der Waals surface area contributed by atoms with Crippen LogP contribution in [0.15, 0.2) is 6.33 Å². The first-order valence-electron chi connectivity index (χ1n) is 11.7. The van der Waals surface area contributed by atoms with Gasteiger partial charge in [0, 0.05) is 52.2 Å². The summed E-state index contributed by atoms with van der Waals surface area (Å²) in [6.07, 6.45) is 8.31. The number of hydrogen-bond donors (Lipinski definition) is 0. The van der Waals surface area contributed by atoms with Crippen LogP contribution in [0.5, 0.6) is 0 Å². The number of nitrogens with zero attached hydrogens (tertiary/aromatic N) is 7. The lowest BCUT2D eigenvalue weighted by molar-refractivity contribution is -0.137. The lowest BCUT2D eigenvalue weighted by Gasteiger charge is -2.39. The van der Waals surface area contributed by atoms with Crippen molar-refractivity contribution in [2.45, 2.75) is 52.0 Å². The largest absolute Gasteiger partial charge is 0.354 e. The van der Waals surface area contributed by atoms with Crippen molar-refractivity contribution in [3.8, 4) is 0 Å². The third-order valence-corrected chi connectivity index (χ3v) is 7.08. The minimum absolute atomic E-state index is 0.0531. The third kappa shape index (κ3) is 3.66. The fourth-order valence-corrected chi connectivity index (χ4v) is 5.27. The third-order valence-electron chi connectivity index (χ3n) is 7.08. The summed E-state index contributed by atoms with van der Waals surface area (Å²) in [6.45, 7) is 9.61. The summed E-state index contributed by atoms with van der Waals surface area (Å²) in [4.78, 5) is 34.2. The zero-order chi connectivity index (χ0) is 20.5. The number of carbonyl (C=O) groups is 1. The van der Waals surface area contributed by atoms with E-state index in [9.17, 15) is 4.79 Å². The van der Waals surface area contributed by atoms with E-state index in [1.54, 1.807) is 6.33 Å². The van der Waals surface area contributed by atoms with Crippen LogP contribution in [0.25, 0.3) is 11.2 Å². The number of anilines is 1. The molecule has 0 aliphatic carbocycles. The fourth-order valence-electron chi connectivity index (χ4n) is 5.27. The van der Waals surface area contributed by atoms with Crippen LogP contribution in [0.4, 0.5) is 5.82 Å². The van der Waals surface area contributed by atoms with Crippen molar-refractivity contribution < 1.29 is 4.79 Å². The molecule has 0 N–H and O–H groups in total. The van der Waals surface area contributed by atoms with Gasteiger partial charge in [0.1, 0.15) is 12.2 Å². The Labute approximate surface area is 178 Å². The van der Waals surface area contributed by atoms with Gasteiger partial charge in [0.15, 0.2) is 17.0 Å². The van der Waals surface area contributed by atoms with Gasteiger partial charge >= 0.3 is 0 Å². The molecule has 30 heavy (non-hydrogen) atoms. The molecule has 5 heterocycles. The van der Waals surface area contributed by atoms with Crippen molar-refractivity contribution in [3.05, 3.63) is 12.2 Å². The van der Waals surface area contributed by atoms with Crippen LogP contribution in [0, 0.1) is 5.92 Å². The lowest BCUT2D eigenvalue weighted by atomic mass is 9.96. The first-order chi connectivity index (χ1) is 14.7. The van der Waals surface area contributed by atoms with E-state index in [1.165, 1.54) is 19.3 Å². The van der Waals surface area contributed by atoms with Crippen LogP contribution in [-0.2, 0) is 17.8 Å². The molecule has 2 saturated heterocycles. The number of hydrogen-bond acceptors (Lipinski definition) is 6. The summed E-state index contributed by atoms with van der Waals surface area (Å²) in [5.41, 5.74) is 1.88. The predicted molar refractivity (Wildman–Crippen MR) is 117 cm³/mol. The van der Waals surface area contributed by atoms with E-state index in [0.717, 1.165) is 94.4 Å². The van der Waals surface area contributed by atoms with Gasteiger partial charge < -0.3 is 19.3 Å². The number of imidazole rings is 1. The van der Waals surface area contributed by atoms with Crippen molar-refractivity contribution in [1.82, 2.24) is 29.3 Å². The molecule has 5 rings (SSSR count). The Morgan fingerprint density at radius 1 is 1.03 bits per heavy atom. The number of aryl methyl sites for hydroxylation is 2. The van der Waals surface area contributed by atoms with Gasteiger partial charge in [0.05, 0.1) is 5.92 Å². The van der Waals surface area contributed by atoms with Gasteiger partial charge in [-0.25, -0.2) is 15.0 Å². The highest BCUT2D eigenvalue weighted by Gasteiger charge is 2.32. The Hall–Kier alpha value is -2.22. The van der Waals surface area contributed by atoms with Gasteiger partial charge in [-0.1, -0.05) is 13.3 Å². The van der Waals surface area contributed by atoms with Gasteiger partial charge in [0.25, 0.3) is 0 Å².